The summed E-state index contributed by atoms with van der Waals surface area (Å²) in [6.45, 7) is 1.66. The zero-order valence-electron chi connectivity index (χ0n) is 9.76. The third-order valence-corrected chi connectivity index (χ3v) is 2.35. The number of hydrogen-bond donors (Lipinski definition) is 3. The minimum Gasteiger partial charge on any atom is -0.433 e. The highest BCUT2D eigenvalue weighted by molar-refractivity contribution is 6.52. The Kier molecular flexibility index (Phi) is 4.01. The minimum atomic E-state index is -0.603. The average molecular weight is 263 g/mol. The Labute approximate surface area is 110 Å². The largest absolute Gasteiger partial charge is 0.433 e. The van der Waals surface area contributed by atoms with Gasteiger partial charge in [-0.05, 0) is 25.0 Å². The van der Waals surface area contributed by atoms with E-state index in [1.165, 1.54) is 6.33 Å². The number of nitrogens with one attached hydrogen (secondary N) is 2. The molecule has 0 aliphatic carbocycles. The van der Waals surface area contributed by atoms with Crippen LogP contribution >= 0.6 is 11.6 Å². The molecule has 0 bridgehead atoms. The van der Waals surface area contributed by atoms with E-state index in [-0.39, 0.29) is 0 Å². The minimum absolute atomic E-state index is 0.380. The first-order valence-corrected chi connectivity index (χ1v) is 5.80. The van der Waals surface area contributed by atoms with E-state index in [1.807, 2.05) is 24.3 Å². The Hall–Kier alpha value is -1.79. The lowest BCUT2D eigenvalue weighted by Crippen LogP contribution is -2.19. The number of benzene rings is 1. The molecule has 1 heterocycles. The van der Waals surface area contributed by atoms with Crippen LogP contribution in [0.15, 0.2) is 36.7 Å². The summed E-state index contributed by atoms with van der Waals surface area (Å²) >= 11 is 5.77. The molecule has 0 aliphatic heterocycles. The summed E-state index contributed by atoms with van der Waals surface area (Å²) in [6, 6.07) is 9.13. The second-order valence-corrected chi connectivity index (χ2v) is 4.14. The average Bonchev–Trinajstić information content (AvgIpc) is 2.28. The van der Waals surface area contributed by atoms with Crippen molar-refractivity contribution < 1.29 is 5.02 Å². The molecular weight excluding hydrogens is 250 g/mol. The third-order valence-electron chi connectivity index (χ3n) is 2.14. The molecule has 0 unspecified atom stereocenters. The van der Waals surface area contributed by atoms with Crippen molar-refractivity contribution in [2.75, 3.05) is 10.5 Å². The van der Waals surface area contributed by atoms with Gasteiger partial charge in [0.1, 0.15) is 17.3 Å². The van der Waals surface area contributed by atoms with Crippen molar-refractivity contribution in [1.29, 1.82) is 0 Å². The maximum absolute atomic E-state index is 9.25. The lowest BCUT2D eigenvalue weighted by atomic mass is 9.88. The van der Waals surface area contributed by atoms with Crippen LogP contribution in [0.2, 0.25) is 12.0 Å². The molecule has 0 fully saturated rings. The van der Waals surface area contributed by atoms with E-state index in [9.17, 15) is 5.02 Å². The summed E-state index contributed by atoms with van der Waals surface area (Å²) in [5.74, 6) is 0.615. The van der Waals surface area contributed by atoms with Gasteiger partial charge in [-0.3, -0.25) is 0 Å². The molecule has 0 spiro atoms. The van der Waals surface area contributed by atoms with Gasteiger partial charge in [0.25, 0.3) is 0 Å². The molecule has 7 heteroatoms. The number of hydrogen-bond acceptors (Lipinski definition) is 5. The molecule has 18 heavy (non-hydrogen) atoms. The summed E-state index contributed by atoms with van der Waals surface area (Å²) < 4.78 is 0. The smallest absolute Gasteiger partial charge is 0.406 e. The first-order valence-electron chi connectivity index (χ1n) is 5.43. The SMILES string of the molecule is CB(O)Nc1cccc(Nc2cc(Cl)ncn2)c1. The Bertz CT molecular complexity index is 538. The predicted molar refractivity (Wildman–Crippen MR) is 74.2 cm³/mol. The van der Waals surface area contributed by atoms with Crippen LogP contribution < -0.4 is 10.5 Å². The van der Waals surface area contributed by atoms with Gasteiger partial charge >= 0.3 is 7.05 Å². The number of rotatable bonds is 4. The normalized spacial score (nSPS) is 9.94. The van der Waals surface area contributed by atoms with E-state index in [2.05, 4.69) is 20.5 Å². The molecule has 1 aromatic carbocycles. The van der Waals surface area contributed by atoms with Crippen LogP contribution in [0.1, 0.15) is 0 Å². The van der Waals surface area contributed by atoms with Gasteiger partial charge in [0.15, 0.2) is 0 Å². The number of halogens is 1. The number of anilines is 3. The maximum atomic E-state index is 9.25. The molecule has 1 aromatic heterocycles. The molecular formula is C11H12BClN4O. The molecule has 0 atom stereocenters. The highest BCUT2D eigenvalue weighted by atomic mass is 35.5. The predicted octanol–water partition coefficient (Wildman–Crippen LogP) is 2.40. The standard InChI is InChI=1S/C11H12BClN4O/c1-12(18)17-9-4-2-3-8(5-9)16-11-6-10(13)14-7-15-11/h2-7,17-18H,1H3,(H,14,15,16). The summed E-state index contributed by atoms with van der Waals surface area (Å²) in [7, 11) is -0.603. The van der Waals surface area contributed by atoms with Gasteiger partial charge in [-0.25, -0.2) is 9.97 Å². The van der Waals surface area contributed by atoms with Crippen molar-refractivity contribution >= 4 is 35.8 Å². The highest BCUT2D eigenvalue weighted by Gasteiger charge is 2.03. The summed E-state index contributed by atoms with van der Waals surface area (Å²) in [5, 5.41) is 15.6. The van der Waals surface area contributed by atoms with Crippen LogP contribution in [0.4, 0.5) is 17.2 Å². The van der Waals surface area contributed by atoms with E-state index in [0.29, 0.717) is 11.0 Å². The summed E-state index contributed by atoms with van der Waals surface area (Å²) in [5.41, 5.74) is 1.66. The molecule has 2 rings (SSSR count). The number of nitrogens with zero attached hydrogens (tertiary/aromatic N) is 2. The first kappa shape index (κ1) is 12.7. The molecule has 0 saturated heterocycles. The van der Waals surface area contributed by atoms with Crippen molar-refractivity contribution in [2.24, 2.45) is 0 Å². The topological polar surface area (TPSA) is 70.1 Å². The molecule has 92 valence electrons. The van der Waals surface area contributed by atoms with E-state index in [4.69, 9.17) is 11.6 Å². The van der Waals surface area contributed by atoms with Crippen molar-refractivity contribution in [3.8, 4) is 0 Å². The summed E-state index contributed by atoms with van der Waals surface area (Å²) in [6.07, 6.45) is 1.39. The van der Waals surface area contributed by atoms with Gasteiger partial charge in [0.2, 0.25) is 0 Å². The Morgan fingerprint density at radius 3 is 2.72 bits per heavy atom. The Morgan fingerprint density at radius 2 is 2.00 bits per heavy atom. The fourth-order valence-corrected chi connectivity index (χ4v) is 1.62. The second-order valence-electron chi connectivity index (χ2n) is 3.75. The van der Waals surface area contributed by atoms with Gasteiger partial charge in [-0.15, -0.1) is 0 Å². The molecule has 0 aliphatic rings. The molecule has 0 amide bonds. The van der Waals surface area contributed by atoms with E-state index >= 15 is 0 Å². The summed E-state index contributed by atoms with van der Waals surface area (Å²) in [4.78, 5) is 7.86. The van der Waals surface area contributed by atoms with Gasteiger partial charge in [-0.2, -0.15) is 0 Å². The van der Waals surface area contributed by atoms with Crippen LogP contribution in [-0.4, -0.2) is 22.0 Å². The quantitative estimate of drug-likeness (QED) is 0.583. The zero-order valence-corrected chi connectivity index (χ0v) is 10.5. The second kappa shape index (κ2) is 5.70. The van der Waals surface area contributed by atoms with Gasteiger partial charge in [0, 0.05) is 17.4 Å². The zero-order chi connectivity index (χ0) is 13.0. The van der Waals surface area contributed by atoms with E-state index < -0.39 is 7.05 Å². The van der Waals surface area contributed by atoms with Crippen molar-refractivity contribution in [1.82, 2.24) is 9.97 Å². The molecule has 3 N–H and O–H groups in total. The monoisotopic (exact) mass is 262 g/mol. The third kappa shape index (κ3) is 3.61. The highest BCUT2D eigenvalue weighted by Crippen LogP contribution is 2.19. The fraction of sp³-hybridized carbons (Fsp3) is 0.0909. The lowest BCUT2D eigenvalue weighted by Gasteiger charge is -2.09. The van der Waals surface area contributed by atoms with Crippen LogP contribution in [0.5, 0.6) is 0 Å². The van der Waals surface area contributed by atoms with Crippen LogP contribution in [-0.2, 0) is 0 Å². The Balaban J connectivity index is 2.14. The van der Waals surface area contributed by atoms with Gasteiger partial charge in [-0.1, -0.05) is 17.7 Å². The molecule has 0 radical (unpaired) electrons. The van der Waals surface area contributed by atoms with Crippen LogP contribution in [0, 0.1) is 0 Å². The van der Waals surface area contributed by atoms with Crippen molar-refractivity contribution in [3.63, 3.8) is 0 Å². The van der Waals surface area contributed by atoms with Gasteiger partial charge in [0.05, 0.1) is 0 Å². The fourth-order valence-electron chi connectivity index (χ4n) is 1.48. The molecule has 0 saturated carbocycles. The van der Waals surface area contributed by atoms with Crippen molar-refractivity contribution in [2.45, 2.75) is 6.82 Å². The lowest BCUT2D eigenvalue weighted by molar-refractivity contribution is 0.587. The van der Waals surface area contributed by atoms with Crippen LogP contribution in [0.3, 0.4) is 0 Å². The molecule has 2 aromatic rings. The van der Waals surface area contributed by atoms with E-state index in [1.54, 1.807) is 12.9 Å². The Morgan fingerprint density at radius 1 is 1.22 bits per heavy atom. The first-order chi connectivity index (χ1) is 8.63. The van der Waals surface area contributed by atoms with Gasteiger partial charge < -0.3 is 15.6 Å². The number of aromatic nitrogens is 2. The van der Waals surface area contributed by atoms with Crippen LogP contribution in [0.25, 0.3) is 0 Å². The van der Waals surface area contributed by atoms with Crippen molar-refractivity contribution in [3.05, 3.63) is 41.8 Å². The maximum Gasteiger partial charge on any atom is 0.406 e. The molecule has 5 nitrogen and oxygen atoms in total. The van der Waals surface area contributed by atoms with E-state index in [0.717, 1.165) is 11.4 Å².